The van der Waals surface area contributed by atoms with Crippen LogP contribution in [0.15, 0.2) is 0 Å². The van der Waals surface area contributed by atoms with Crippen molar-refractivity contribution in [2.45, 2.75) is 65.5 Å². The summed E-state index contributed by atoms with van der Waals surface area (Å²) in [6, 6.07) is 0.755. The maximum absolute atomic E-state index is 4.34. The van der Waals surface area contributed by atoms with Gasteiger partial charge in [0.25, 0.3) is 0 Å². The molecule has 0 unspecified atom stereocenters. The second kappa shape index (κ2) is 7.93. The zero-order valence-electron chi connectivity index (χ0n) is 13.1. The van der Waals surface area contributed by atoms with Gasteiger partial charge in [0, 0.05) is 30.7 Å². The van der Waals surface area contributed by atoms with Crippen LogP contribution in [0.1, 0.15) is 58.6 Å². The Labute approximate surface area is 127 Å². The first-order chi connectivity index (χ1) is 9.70. The number of anilines is 1. The van der Waals surface area contributed by atoms with Crippen LogP contribution >= 0.6 is 11.5 Å². The maximum atomic E-state index is 4.34. The second-order valence-electron chi connectivity index (χ2n) is 6.17. The van der Waals surface area contributed by atoms with E-state index in [4.69, 9.17) is 0 Å². The van der Waals surface area contributed by atoms with Gasteiger partial charge in [0.05, 0.1) is 0 Å². The van der Waals surface area contributed by atoms with E-state index in [-0.39, 0.29) is 0 Å². The molecule has 0 amide bonds. The Morgan fingerprint density at radius 1 is 1.35 bits per heavy atom. The van der Waals surface area contributed by atoms with Crippen LogP contribution in [0, 0.1) is 5.92 Å². The van der Waals surface area contributed by atoms with Gasteiger partial charge in [-0.05, 0) is 38.6 Å². The van der Waals surface area contributed by atoms with E-state index < -0.39 is 0 Å². The van der Waals surface area contributed by atoms with Gasteiger partial charge >= 0.3 is 0 Å². The first kappa shape index (κ1) is 15.7. The van der Waals surface area contributed by atoms with Crippen LogP contribution in [0.3, 0.4) is 0 Å². The first-order valence-corrected chi connectivity index (χ1v) is 8.77. The summed E-state index contributed by atoms with van der Waals surface area (Å²) in [7, 11) is 0. The van der Waals surface area contributed by atoms with E-state index >= 15 is 0 Å². The molecule has 1 saturated carbocycles. The fourth-order valence-electron chi connectivity index (χ4n) is 2.88. The molecule has 0 aliphatic heterocycles. The monoisotopic (exact) mass is 296 g/mol. The van der Waals surface area contributed by atoms with E-state index in [0.717, 1.165) is 35.7 Å². The van der Waals surface area contributed by atoms with Crippen molar-refractivity contribution in [2.24, 2.45) is 5.92 Å². The van der Waals surface area contributed by atoms with Crippen LogP contribution in [0.4, 0.5) is 5.00 Å². The van der Waals surface area contributed by atoms with E-state index in [2.05, 4.69) is 40.6 Å². The van der Waals surface area contributed by atoms with Crippen LogP contribution in [0.5, 0.6) is 0 Å². The fourth-order valence-corrected chi connectivity index (χ4v) is 3.52. The lowest BCUT2D eigenvalue weighted by Gasteiger charge is -2.29. The molecule has 5 heteroatoms. The molecule has 0 aromatic carbocycles. The molecule has 114 valence electrons. The number of nitrogens with one attached hydrogen (secondary N) is 1. The molecular formula is C15H28N4S. The number of aromatic nitrogens is 2. The highest BCUT2D eigenvalue weighted by atomic mass is 32.1. The summed E-state index contributed by atoms with van der Waals surface area (Å²) >= 11 is 1.48. The summed E-state index contributed by atoms with van der Waals surface area (Å²) in [4.78, 5) is 2.64. The third-order valence-electron chi connectivity index (χ3n) is 4.08. The minimum atomic E-state index is 0.755. The van der Waals surface area contributed by atoms with Gasteiger partial charge in [0.2, 0.25) is 0 Å². The van der Waals surface area contributed by atoms with Crippen molar-refractivity contribution >= 4 is 16.5 Å². The van der Waals surface area contributed by atoms with Gasteiger partial charge in [0.15, 0.2) is 0 Å². The summed E-state index contributed by atoms with van der Waals surface area (Å²) in [6.07, 6.45) is 6.75. The molecule has 1 heterocycles. The molecule has 0 radical (unpaired) electrons. The van der Waals surface area contributed by atoms with E-state index in [0.29, 0.717) is 0 Å². The highest BCUT2D eigenvalue weighted by Gasteiger charge is 2.24. The summed E-state index contributed by atoms with van der Waals surface area (Å²) in [5, 5.41) is 8.87. The van der Waals surface area contributed by atoms with Gasteiger partial charge in [-0.2, -0.15) is 0 Å². The Hall–Kier alpha value is -0.680. The van der Waals surface area contributed by atoms with Crippen LogP contribution in [0.25, 0.3) is 0 Å². The largest absolute Gasteiger partial charge is 0.374 e. The molecule has 1 aliphatic carbocycles. The second-order valence-corrected chi connectivity index (χ2v) is 6.92. The maximum Gasteiger partial charge on any atom is 0.134 e. The van der Waals surface area contributed by atoms with E-state index in [1.807, 2.05) is 0 Å². The molecule has 1 N–H and O–H groups in total. The molecule has 20 heavy (non-hydrogen) atoms. The standard InChI is InChI=1S/C15H28N4S/c1-4-16-15-14(17-18-20-15)11-19(10-9-12(2)3)13-7-5-6-8-13/h12-13,16H,4-11H2,1-3H3. The Morgan fingerprint density at radius 2 is 2.10 bits per heavy atom. The zero-order valence-corrected chi connectivity index (χ0v) is 13.9. The Bertz CT molecular complexity index is 385. The lowest BCUT2D eigenvalue weighted by molar-refractivity contribution is 0.177. The Kier molecular flexibility index (Phi) is 6.23. The van der Waals surface area contributed by atoms with Crippen molar-refractivity contribution in [3.05, 3.63) is 5.69 Å². The molecule has 0 bridgehead atoms. The SMILES string of the molecule is CCNc1snnc1CN(CCC(C)C)C1CCCC1. The predicted molar refractivity (Wildman–Crippen MR) is 86.2 cm³/mol. The number of hydrogen-bond acceptors (Lipinski definition) is 5. The van der Waals surface area contributed by atoms with Gasteiger partial charge in [-0.25, -0.2) is 0 Å². The molecule has 0 saturated heterocycles. The van der Waals surface area contributed by atoms with Crippen LogP contribution in [0.2, 0.25) is 0 Å². The Balaban J connectivity index is 1.99. The fraction of sp³-hybridized carbons (Fsp3) is 0.867. The number of nitrogens with zero attached hydrogens (tertiary/aromatic N) is 3. The smallest absolute Gasteiger partial charge is 0.134 e. The average molecular weight is 296 g/mol. The number of hydrogen-bond donors (Lipinski definition) is 1. The quantitative estimate of drug-likeness (QED) is 0.793. The van der Waals surface area contributed by atoms with Crippen molar-refractivity contribution in [1.29, 1.82) is 0 Å². The van der Waals surface area contributed by atoms with Gasteiger partial charge in [0.1, 0.15) is 10.7 Å². The van der Waals surface area contributed by atoms with Crippen LogP contribution < -0.4 is 5.32 Å². The molecule has 4 nitrogen and oxygen atoms in total. The molecule has 2 rings (SSSR count). The summed E-state index contributed by atoms with van der Waals surface area (Å²) in [5.41, 5.74) is 1.13. The Morgan fingerprint density at radius 3 is 2.75 bits per heavy atom. The number of rotatable bonds is 8. The molecule has 1 aromatic rings. The van der Waals surface area contributed by atoms with Gasteiger partial charge < -0.3 is 5.32 Å². The van der Waals surface area contributed by atoms with Crippen LogP contribution in [-0.2, 0) is 6.54 Å². The van der Waals surface area contributed by atoms with Gasteiger partial charge in [-0.1, -0.05) is 31.2 Å². The lowest BCUT2D eigenvalue weighted by atomic mass is 10.1. The normalized spacial score (nSPS) is 16.4. The topological polar surface area (TPSA) is 41.1 Å². The third-order valence-corrected chi connectivity index (χ3v) is 4.81. The molecule has 0 spiro atoms. The highest BCUT2D eigenvalue weighted by molar-refractivity contribution is 7.10. The predicted octanol–water partition coefficient (Wildman–Crippen LogP) is 3.76. The molecule has 0 atom stereocenters. The molecule has 1 fully saturated rings. The summed E-state index contributed by atoms with van der Waals surface area (Å²) in [6.45, 7) is 9.81. The molecule has 1 aliphatic rings. The minimum absolute atomic E-state index is 0.755. The van der Waals surface area contributed by atoms with Gasteiger partial charge in [-0.15, -0.1) is 5.10 Å². The summed E-state index contributed by atoms with van der Waals surface area (Å²) in [5.74, 6) is 0.765. The van der Waals surface area contributed by atoms with E-state index in [9.17, 15) is 0 Å². The minimum Gasteiger partial charge on any atom is -0.374 e. The van der Waals surface area contributed by atoms with E-state index in [1.54, 1.807) is 0 Å². The molecular weight excluding hydrogens is 268 g/mol. The van der Waals surface area contributed by atoms with Crippen molar-refractivity contribution in [3.63, 3.8) is 0 Å². The lowest BCUT2D eigenvalue weighted by Crippen LogP contribution is -2.34. The van der Waals surface area contributed by atoms with Gasteiger partial charge in [-0.3, -0.25) is 4.90 Å². The summed E-state index contributed by atoms with van der Waals surface area (Å²) < 4.78 is 4.12. The van der Waals surface area contributed by atoms with E-state index in [1.165, 1.54) is 50.2 Å². The third kappa shape index (κ3) is 4.42. The van der Waals surface area contributed by atoms with Crippen molar-refractivity contribution in [2.75, 3.05) is 18.4 Å². The molecule has 1 aromatic heterocycles. The van der Waals surface area contributed by atoms with Crippen LogP contribution in [-0.4, -0.2) is 33.6 Å². The zero-order chi connectivity index (χ0) is 14.4. The van der Waals surface area contributed by atoms with Crippen molar-refractivity contribution in [3.8, 4) is 0 Å². The first-order valence-electron chi connectivity index (χ1n) is 7.99. The highest BCUT2D eigenvalue weighted by Crippen LogP contribution is 2.27. The van der Waals surface area contributed by atoms with Crippen molar-refractivity contribution < 1.29 is 0 Å². The average Bonchev–Trinajstić information content (AvgIpc) is 3.06. The van der Waals surface area contributed by atoms with Crippen molar-refractivity contribution in [1.82, 2.24) is 14.5 Å².